The van der Waals surface area contributed by atoms with Gasteiger partial charge >= 0.3 is 0 Å². The van der Waals surface area contributed by atoms with E-state index in [0.717, 1.165) is 22.3 Å². The van der Waals surface area contributed by atoms with Crippen LogP contribution in [-0.4, -0.2) is 49.3 Å². The third kappa shape index (κ3) is 6.27. The molecule has 0 spiro atoms. The van der Waals surface area contributed by atoms with Gasteiger partial charge in [0, 0.05) is 35.9 Å². The molecule has 0 fully saturated rings. The third-order valence-electron chi connectivity index (χ3n) is 5.12. The molecule has 0 radical (unpaired) electrons. The van der Waals surface area contributed by atoms with Crippen LogP contribution in [0.5, 0.6) is 11.5 Å². The first-order chi connectivity index (χ1) is 17.0. The molecule has 1 amide bonds. The first kappa shape index (κ1) is 23.6. The molecule has 0 aliphatic heterocycles. The summed E-state index contributed by atoms with van der Waals surface area (Å²) in [5, 5.41) is 30.8. The van der Waals surface area contributed by atoms with E-state index in [0.29, 0.717) is 30.4 Å². The molecule has 3 aromatic carbocycles. The lowest BCUT2D eigenvalue weighted by molar-refractivity contribution is -0.116. The van der Waals surface area contributed by atoms with Gasteiger partial charge in [0.2, 0.25) is 5.91 Å². The van der Waals surface area contributed by atoms with Crippen molar-refractivity contribution in [3.63, 3.8) is 0 Å². The molecule has 0 unspecified atom stereocenters. The predicted molar refractivity (Wildman–Crippen MR) is 133 cm³/mol. The Balaban J connectivity index is 1.64. The number of nitrogens with one attached hydrogen (secondary N) is 1. The van der Waals surface area contributed by atoms with Crippen LogP contribution in [0.15, 0.2) is 78.9 Å². The fraction of sp³-hybridized carbons (Fsp3) is 0.111. The van der Waals surface area contributed by atoms with E-state index in [2.05, 4.69) is 20.3 Å². The van der Waals surface area contributed by atoms with Crippen molar-refractivity contribution in [2.75, 3.05) is 13.2 Å². The van der Waals surface area contributed by atoms with Crippen LogP contribution in [0.2, 0.25) is 0 Å². The number of benzene rings is 3. The number of carbonyl (C=O) groups is 1. The van der Waals surface area contributed by atoms with Crippen LogP contribution in [0, 0.1) is 0 Å². The van der Waals surface area contributed by atoms with Crippen molar-refractivity contribution in [3.8, 4) is 45.7 Å². The minimum Gasteiger partial charge on any atom is -0.508 e. The monoisotopic (exact) mass is 468 g/mol. The van der Waals surface area contributed by atoms with Crippen LogP contribution < -0.4 is 5.32 Å². The highest BCUT2D eigenvalue weighted by Gasteiger charge is 2.12. The average Bonchev–Trinajstić information content (AvgIpc) is 2.88. The number of aromatic nitrogens is 3. The molecule has 0 bridgehead atoms. The van der Waals surface area contributed by atoms with Crippen LogP contribution in [0.3, 0.4) is 0 Å². The van der Waals surface area contributed by atoms with E-state index in [4.69, 9.17) is 5.11 Å². The van der Waals surface area contributed by atoms with Crippen molar-refractivity contribution in [1.29, 1.82) is 0 Å². The number of aromatic hydroxyl groups is 2. The number of hydrogen-bond acceptors (Lipinski definition) is 7. The summed E-state index contributed by atoms with van der Waals surface area (Å²) < 4.78 is 0. The Morgan fingerprint density at radius 1 is 0.714 bits per heavy atom. The van der Waals surface area contributed by atoms with Gasteiger partial charge < -0.3 is 20.6 Å². The molecule has 8 heteroatoms. The summed E-state index contributed by atoms with van der Waals surface area (Å²) in [7, 11) is 0. The maximum absolute atomic E-state index is 11.8. The Labute approximate surface area is 202 Å². The molecule has 1 aromatic heterocycles. The van der Waals surface area contributed by atoms with Gasteiger partial charge in [-0.25, -0.2) is 15.0 Å². The minimum atomic E-state index is -0.225. The van der Waals surface area contributed by atoms with Crippen LogP contribution in [0.4, 0.5) is 0 Å². The lowest BCUT2D eigenvalue weighted by Crippen LogP contribution is -2.22. The molecule has 0 saturated heterocycles. The smallest absolute Gasteiger partial charge is 0.244 e. The van der Waals surface area contributed by atoms with Crippen LogP contribution in [-0.2, 0) is 4.79 Å². The quantitative estimate of drug-likeness (QED) is 0.229. The van der Waals surface area contributed by atoms with Crippen molar-refractivity contribution in [1.82, 2.24) is 20.3 Å². The number of amides is 1. The molecular formula is C27H24N4O4. The van der Waals surface area contributed by atoms with E-state index in [1.165, 1.54) is 6.08 Å². The number of phenols is 2. The molecule has 35 heavy (non-hydrogen) atoms. The Kier molecular flexibility index (Phi) is 7.44. The van der Waals surface area contributed by atoms with Gasteiger partial charge in [0.1, 0.15) is 11.5 Å². The summed E-state index contributed by atoms with van der Waals surface area (Å²) >= 11 is 0. The molecular weight excluding hydrogens is 444 g/mol. The summed E-state index contributed by atoms with van der Waals surface area (Å²) in [6.07, 6.45) is 3.66. The molecule has 0 atom stereocenters. The van der Waals surface area contributed by atoms with Gasteiger partial charge in [0.05, 0.1) is 0 Å². The van der Waals surface area contributed by atoms with Crippen molar-refractivity contribution in [2.24, 2.45) is 0 Å². The average molecular weight is 469 g/mol. The Morgan fingerprint density at radius 2 is 1.14 bits per heavy atom. The zero-order chi connectivity index (χ0) is 24.6. The van der Waals surface area contributed by atoms with E-state index < -0.39 is 0 Å². The van der Waals surface area contributed by atoms with Crippen molar-refractivity contribution >= 4 is 12.0 Å². The fourth-order valence-electron chi connectivity index (χ4n) is 3.25. The molecule has 0 aliphatic carbocycles. The highest BCUT2D eigenvalue weighted by molar-refractivity contribution is 5.91. The summed E-state index contributed by atoms with van der Waals surface area (Å²) in [5.74, 6) is 1.42. The number of carbonyl (C=O) groups excluding carboxylic acids is 1. The molecule has 176 valence electrons. The number of phenolic OH excluding ortho intramolecular Hbond substituents is 2. The second-order valence-electron chi connectivity index (χ2n) is 7.72. The first-order valence-corrected chi connectivity index (χ1v) is 11.0. The topological polar surface area (TPSA) is 128 Å². The predicted octanol–water partition coefficient (Wildman–Crippen LogP) is 3.80. The van der Waals surface area contributed by atoms with Crippen molar-refractivity contribution in [3.05, 3.63) is 84.4 Å². The molecule has 1 heterocycles. The van der Waals surface area contributed by atoms with Crippen LogP contribution in [0.1, 0.15) is 12.0 Å². The normalized spacial score (nSPS) is 11.0. The standard InChI is InChI=1S/C27H24N4O4/c32-17-1-16-28-24(35)15-4-18-2-5-19(6-3-18)25-29-26(20-7-11-22(33)12-8-20)31-27(30-25)21-9-13-23(34)14-10-21/h2-15,32-34H,1,16-17H2,(H,28,35)/b15-4-. The number of aliphatic hydroxyl groups is 1. The molecule has 0 saturated carbocycles. The maximum atomic E-state index is 11.8. The SMILES string of the molecule is O=C(/C=C\c1ccc(-c2nc(-c3ccc(O)cc3)nc(-c3ccc(O)cc3)n2)cc1)NCCCO. The Bertz CT molecular complexity index is 1260. The second kappa shape index (κ2) is 11.0. The lowest BCUT2D eigenvalue weighted by Gasteiger charge is -2.09. The van der Waals surface area contributed by atoms with Crippen molar-refractivity contribution in [2.45, 2.75) is 6.42 Å². The number of aliphatic hydroxyl groups excluding tert-OH is 1. The largest absolute Gasteiger partial charge is 0.508 e. The van der Waals surface area contributed by atoms with E-state index >= 15 is 0 Å². The number of rotatable bonds is 8. The first-order valence-electron chi connectivity index (χ1n) is 11.0. The second-order valence-corrected chi connectivity index (χ2v) is 7.72. The van der Waals surface area contributed by atoms with E-state index in [-0.39, 0.29) is 24.0 Å². The molecule has 8 nitrogen and oxygen atoms in total. The maximum Gasteiger partial charge on any atom is 0.244 e. The van der Waals surface area contributed by atoms with Gasteiger partial charge in [0.25, 0.3) is 0 Å². The fourth-order valence-corrected chi connectivity index (χ4v) is 3.25. The summed E-state index contributed by atoms with van der Waals surface area (Å²) in [6, 6.07) is 20.6. The van der Waals surface area contributed by atoms with Gasteiger partial charge in [-0.15, -0.1) is 0 Å². The summed E-state index contributed by atoms with van der Waals surface area (Å²) in [6.45, 7) is 0.455. The molecule has 4 rings (SSSR count). The number of nitrogens with zero attached hydrogens (tertiary/aromatic N) is 3. The van der Waals surface area contributed by atoms with E-state index in [1.807, 2.05) is 24.3 Å². The van der Waals surface area contributed by atoms with Gasteiger partial charge in [-0.2, -0.15) is 0 Å². The molecule has 0 aliphatic rings. The zero-order valence-corrected chi connectivity index (χ0v) is 18.8. The van der Waals surface area contributed by atoms with Gasteiger partial charge in [-0.1, -0.05) is 24.3 Å². The number of hydrogen-bond donors (Lipinski definition) is 4. The zero-order valence-electron chi connectivity index (χ0n) is 18.8. The Morgan fingerprint density at radius 3 is 1.57 bits per heavy atom. The molecule has 4 aromatic rings. The minimum absolute atomic E-state index is 0.0332. The van der Waals surface area contributed by atoms with E-state index in [9.17, 15) is 15.0 Å². The Hall–Kier alpha value is -4.56. The van der Waals surface area contributed by atoms with Gasteiger partial charge in [0.15, 0.2) is 17.5 Å². The highest BCUT2D eigenvalue weighted by Crippen LogP contribution is 2.26. The van der Waals surface area contributed by atoms with Crippen LogP contribution >= 0.6 is 0 Å². The highest BCUT2D eigenvalue weighted by atomic mass is 16.3. The third-order valence-corrected chi connectivity index (χ3v) is 5.12. The van der Waals surface area contributed by atoms with Crippen LogP contribution in [0.25, 0.3) is 40.2 Å². The van der Waals surface area contributed by atoms with Gasteiger partial charge in [-0.3, -0.25) is 4.79 Å². The summed E-state index contributed by atoms with van der Waals surface area (Å²) in [5.41, 5.74) is 3.03. The molecule has 4 N–H and O–H groups in total. The van der Waals surface area contributed by atoms with Gasteiger partial charge in [-0.05, 0) is 66.6 Å². The summed E-state index contributed by atoms with van der Waals surface area (Å²) in [4.78, 5) is 25.7. The van der Waals surface area contributed by atoms with Crippen molar-refractivity contribution < 1.29 is 20.1 Å². The lowest BCUT2D eigenvalue weighted by atomic mass is 10.1. The van der Waals surface area contributed by atoms with E-state index in [1.54, 1.807) is 54.6 Å².